The first-order valence-corrected chi connectivity index (χ1v) is 12.2. The van der Waals surface area contributed by atoms with Gasteiger partial charge in [-0.15, -0.1) is 0 Å². The second-order valence-electron chi connectivity index (χ2n) is 9.54. The second-order valence-corrected chi connectivity index (χ2v) is 9.54. The van der Waals surface area contributed by atoms with Gasteiger partial charge in [-0.1, -0.05) is 55.5 Å². The SMILES string of the molecule is CC(CCNC(=O)OCC1c2ccccc2-c2ccccc21)C(=O)N1C(C(=O)O)C[C@H]2OCC[C@H]21. The van der Waals surface area contributed by atoms with E-state index in [0.29, 0.717) is 25.9 Å². The van der Waals surface area contributed by atoms with Crippen LogP contribution in [0.1, 0.15) is 43.2 Å². The molecule has 2 aromatic rings. The molecule has 2 aliphatic heterocycles. The maximum absolute atomic E-state index is 13.1. The predicted molar refractivity (Wildman–Crippen MR) is 128 cm³/mol. The number of alkyl carbamates (subject to hydrolysis) is 1. The summed E-state index contributed by atoms with van der Waals surface area (Å²) in [6.45, 7) is 2.80. The molecule has 8 heteroatoms. The van der Waals surface area contributed by atoms with Crippen LogP contribution in [0, 0.1) is 5.92 Å². The van der Waals surface area contributed by atoms with Gasteiger partial charge in [0.2, 0.25) is 5.91 Å². The fraction of sp³-hybridized carbons (Fsp3) is 0.444. The lowest BCUT2D eigenvalue weighted by Crippen LogP contribution is -2.48. The quantitative estimate of drug-likeness (QED) is 0.632. The number of carbonyl (C=O) groups is 3. The van der Waals surface area contributed by atoms with Crippen molar-refractivity contribution < 1.29 is 29.0 Å². The van der Waals surface area contributed by atoms with Crippen molar-refractivity contribution in [1.29, 1.82) is 0 Å². The highest BCUT2D eigenvalue weighted by molar-refractivity contribution is 5.86. The summed E-state index contributed by atoms with van der Waals surface area (Å²) in [4.78, 5) is 38.7. The van der Waals surface area contributed by atoms with Crippen molar-refractivity contribution in [2.45, 2.75) is 50.3 Å². The summed E-state index contributed by atoms with van der Waals surface area (Å²) in [6, 6.07) is 15.3. The molecule has 4 atom stereocenters. The zero-order chi connectivity index (χ0) is 24.5. The van der Waals surface area contributed by atoms with Crippen LogP contribution in [0.5, 0.6) is 0 Å². The molecular formula is C27H30N2O6. The van der Waals surface area contributed by atoms with Gasteiger partial charge >= 0.3 is 12.1 Å². The molecule has 8 nitrogen and oxygen atoms in total. The minimum atomic E-state index is -1.000. The van der Waals surface area contributed by atoms with Gasteiger partial charge in [-0.25, -0.2) is 9.59 Å². The molecule has 0 radical (unpaired) electrons. The van der Waals surface area contributed by atoms with Gasteiger partial charge in [-0.2, -0.15) is 0 Å². The number of fused-ring (bicyclic) bond motifs is 4. The van der Waals surface area contributed by atoms with Gasteiger partial charge in [0.1, 0.15) is 12.6 Å². The molecule has 2 heterocycles. The average Bonchev–Trinajstić information content (AvgIpc) is 3.54. The lowest BCUT2D eigenvalue weighted by molar-refractivity contribution is -0.151. The molecular weight excluding hydrogens is 448 g/mol. The Kier molecular flexibility index (Phi) is 6.47. The number of rotatable bonds is 7. The second kappa shape index (κ2) is 9.70. The Morgan fingerprint density at radius 2 is 1.77 bits per heavy atom. The number of likely N-dealkylation sites (tertiary alicyclic amines) is 1. The third kappa shape index (κ3) is 4.38. The van der Waals surface area contributed by atoms with Crippen molar-refractivity contribution in [3.63, 3.8) is 0 Å². The Bertz CT molecular complexity index is 1090. The number of benzene rings is 2. The fourth-order valence-electron chi connectivity index (χ4n) is 5.70. The molecule has 2 saturated heterocycles. The summed E-state index contributed by atoms with van der Waals surface area (Å²) in [7, 11) is 0. The van der Waals surface area contributed by atoms with Crippen LogP contribution in [0.2, 0.25) is 0 Å². The van der Waals surface area contributed by atoms with Crippen molar-refractivity contribution in [2.24, 2.45) is 5.92 Å². The van der Waals surface area contributed by atoms with Crippen molar-refractivity contribution in [2.75, 3.05) is 19.8 Å². The number of nitrogens with one attached hydrogen (secondary N) is 1. The Morgan fingerprint density at radius 3 is 2.43 bits per heavy atom. The van der Waals surface area contributed by atoms with Crippen LogP contribution in [0.4, 0.5) is 4.79 Å². The number of amides is 2. The van der Waals surface area contributed by atoms with Crippen molar-refractivity contribution in [3.8, 4) is 11.1 Å². The first-order valence-electron chi connectivity index (χ1n) is 12.2. The van der Waals surface area contributed by atoms with Gasteiger partial charge in [0.15, 0.2) is 0 Å². The zero-order valence-electron chi connectivity index (χ0n) is 19.7. The summed E-state index contributed by atoms with van der Waals surface area (Å²) in [5.74, 6) is -1.64. The topological polar surface area (TPSA) is 105 Å². The summed E-state index contributed by atoms with van der Waals surface area (Å²) in [5, 5.41) is 12.3. The number of ether oxygens (including phenoxy) is 2. The van der Waals surface area contributed by atoms with Crippen LogP contribution in [0.25, 0.3) is 11.1 Å². The Balaban J connectivity index is 1.13. The molecule has 2 fully saturated rings. The minimum Gasteiger partial charge on any atom is -0.480 e. The van der Waals surface area contributed by atoms with E-state index in [2.05, 4.69) is 29.6 Å². The van der Waals surface area contributed by atoms with Crippen LogP contribution < -0.4 is 5.32 Å². The van der Waals surface area contributed by atoms with Gasteiger partial charge in [-0.05, 0) is 35.1 Å². The highest BCUT2D eigenvalue weighted by Gasteiger charge is 2.50. The number of hydrogen-bond acceptors (Lipinski definition) is 5. The maximum Gasteiger partial charge on any atom is 0.407 e. The number of carboxylic acids is 1. The molecule has 35 heavy (non-hydrogen) atoms. The Labute approximate surface area is 204 Å². The Morgan fingerprint density at radius 1 is 1.11 bits per heavy atom. The van der Waals surface area contributed by atoms with Crippen LogP contribution in [-0.4, -0.2) is 65.9 Å². The number of carboxylic acid groups (broad SMARTS) is 1. The van der Waals surface area contributed by atoms with Gasteiger partial charge < -0.3 is 24.8 Å². The molecule has 1 aliphatic carbocycles. The summed E-state index contributed by atoms with van der Waals surface area (Å²) >= 11 is 0. The predicted octanol–water partition coefficient (Wildman–Crippen LogP) is 3.39. The van der Waals surface area contributed by atoms with Crippen molar-refractivity contribution in [1.82, 2.24) is 10.2 Å². The van der Waals surface area contributed by atoms with Crippen LogP contribution in [0.15, 0.2) is 48.5 Å². The molecule has 2 N–H and O–H groups in total. The van der Waals surface area contributed by atoms with Crippen molar-refractivity contribution >= 4 is 18.0 Å². The van der Waals surface area contributed by atoms with Crippen LogP contribution in [0.3, 0.4) is 0 Å². The third-order valence-corrected chi connectivity index (χ3v) is 7.47. The first-order chi connectivity index (χ1) is 17.0. The molecule has 0 bridgehead atoms. The normalized spacial score (nSPS) is 23.3. The van der Waals surface area contributed by atoms with E-state index in [1.54, 1.807) is 6.92 Å². The smallest absolute Gasteiger partial charge is 0.407 e. The number of nitrogens with zero attached hydrogens (tertiary/aromatic N) is 1. The molecule has 2 aromatic carbocycles. The van der Waals surface area contributed by atoms with Crippen LogP contribution in [-0.2, 0) is 19.1 Å². The van der Waals surface area contributed by atoms with Gasteiger partial charge in [0.25, 0.3) is 0 Å². The van der Waals surface area contributed by atoms with Gasteiger partial charge in [-0.3, -0.25) is 4.79 Å². The van der Waals surface area contributed by atoms with E-state index in [4.69, 9.17) is 9.47 Å². The van der Waals surface area contributed by atoms with Gasteiger partial charge in [0.05, 0.1) is 12.1 Å². The highest BCUT2D eigenvalue weighted by atomic mass is 16.5. The molecule has 0 saturated carbocycles. The van der Waals surface area contributed by atoms with E-state index in [1.165, 1.54) is 16.0 Å². The minimum absolute atomic E-state index is 0.0154. The lowest BCUT2D eigenvalue weighted by atomic mass is 9.98. The standard InChI is InChI=1S/C27H30N2O6/c1-16(25(30)29-22-11-13-34-24(22)14-23(29)26(31)32)10-12-28-27(33)35-15-21-19-8-4-2-6-17(19)18-7-3-5-9-20(18)21/h2-9,16,21-24H,10-15H2,1H3,(H,28,33)(H,31,32)/t16?,22-,23?,24-/m1/s1. The Hall–Kier alpha value is -3.39. The first kappa shape index (κ1) is 23.4. The summed E-state index contributed by atoms with van der Waals surface area (Å²) < 4.78 is 11.2. The fourth-order valence-corrected chi connectivity index (χ4v) is 5.70. The van der Waals surface area contributed by atoms with Gasteiger partial charge in [0, 0.05) is 31.4 Å². The number of carbonyl (C=O) groups excluding carboxylic acids is 2. The molecule has 0 aromatic heterocycles. The molecule has 0 spiro atoms. The van der Waals surface area contributed by atoms with Crippen molar-refractivity contribution in [3.05, 3.63) is 59.7 Å². The largest absolute Gasteiger partial charge is 0.480 e. The molecule has 2 unspecified atom stereocenters. The van der Waals surface area contributed by atoms with Crippen LogP contribution >= 0.6 is 0 Å². The maximum atomic E-state index is 13.1. The lowest BCUT2D eigenvalue weighted by Gasteiger charge is -2.29. The van der Waals surface area contributed by atoms with E-state index in [0.717, 1.165) is 11.1 Å². The highest BCUT2D eigenvalue weighted by Crippen LogP contribution is 2.44. The summed E-state index contributed by atoms with van der Waals surface area (Å²) in [6.07, 6.45) is 0.650. The van der Waals surface area contributed by atoms with E-state index in [1.807, 2.05) is 24.3 Å². The van der Waals surface area contributed by atoms with E-state index >= 15 is 0 Å². The zero-order valence-corrected chi connectivity index (χ0v) is 19.7. The monoisotopic (exact) mass is 478 g/mol. The van der Waals surface area contributed by atoms with E-state index < -0.39 is 24.0 Å². The average molecular weight is 479 g/mol. The molecule has 3 aliphatic rings. The number of hydrogen-bond donors (Lipinski definition) is 2. The molecule has 5 rings (SSSR count). The van der Waals surface area contributed by atoms with E-state index in [9.17, 15) is 19.5 Å². The molecule has 184 valence electrons. The third-order valence-electron chi connectivity index (χ3n) is 7.47. The molecule has 2 amide bonds. The summed E-state index contributed by atoms with van der Waals surface area (Å²) in [5.41, 5.74) is 4.63. The number of aliphatic carboxylic acids is 1. The van der Waals surface area contributed by atoms with E-state index in [-0.39, 0.29) is 37.1 Å².